The molecule has 9 heteroatoms. The molecule has 1 fully saturated rings. The zero-order valence-electron chi connectivity index (χ0n) is 11.7. The first-order valence-electron chi connectivity index (χ1n) is 6.56. The Hall–Kier alpha value is -1.64. The number of hydrogen-bond donors (Lipinski definition) is 2. The molecule has 0 bridgehead atoms. The molecule has 0 radical (unpaired) electrons. The molecule has 3 atom stereocenters. The van der Waals surface area contributed by atoms with Gasteiger partial charge in [0.2, 0.25) is 17.1 Å². The maximum absolute atomic E-state index is 9.26. The van der Waals surface area contributed by atoms with Crippen LogP contribution >= 0.6 is 11.6 Å². The SMILES string of the molecule is COc1nc(N)nc2c1nc(Cl)n2C1OC(CO)CC1C. The first-order chi connectivity index (χ1) is 10.0. The average Bonchev–Trinajstić information content (AvgIpc) is 2.97. The second-order valence-electron chi connectivity index (χ2n) is 5.06. The van der Waals surface area contributed by atoms with Gasteiger partial charge in [0.05, 0.1) is 19.8 Å². The van der Waals surface area contributed by atoms with Gasteiger partial charge in [0.1, 0.15) is 6.23 Å². The Morgan fingerprint density at radius 1 is 1.48 bits per heavy atom. The van der Waals surface area contributed by atoms with Crippen LogP contribution in [-0.2, 0) is 4.74 Å². The van der Waals surface area contributed by atoms with Crippen molar-refractivity contribution < 1.29 is 14.6 Å². The molecule has 0 amide bonds. The Morgan fingerprint density at radius 3 is 2.86 bits per heavy atom. The molecule has 114 valence electrons. The number of nitrogen functional groups attached to an aromatic ring is 1. The van der Waals surface area contributed by atoms with Gasteiger partial charge in [0, 0.05) is 5.92 Å². The zero-order valence-corrected chi connectivity index (χ0v) is 12.4. The van der Waals surface area contributed by atoms with E-state index >= 15 is 0 Å². The molecule has 1 aliphatic heterocycles. The average molecular weight is 314 g/mol. The minimum Gasteiger partial charge on any atom is -0.479 e. The molecule has 3 unspecified atom stereocenters. The number of rotatable bonds is 3. The summed E-state index contributed by atoms with van der Waals surface area (Å²) in [5.41, 5.74) is 6.59. The van der Waals surface area contributed by atoms with Gasteiger partial charge in [-0.05, 0) is 18.0 Å². The molecule has 0 spiro atoms. The van der Waals surface area contributed by atoms with E-state index in [1.807, 2.05) is 6.92 Å². The number of methoxy groups -OCH3 is 1. The molecule has 0 aromatic carbocycles. The van der Waals surface area contributed by atoms with Crippen LogP contribution in [0.1, 0.15) is 19.6 Å². The number of aliphatic hydroxyl groups is 1. The van der Waals surface area contributed by atoms with Crippen LogP contribution in [0.2, 0.25) is 5.28 Å². The fraction of sp³-hybridized carbons (Fsp3) is 0.583. The number of anilines is 1. The van der Waals surface area contributed by atoms with E-state index in [1.54, 1.807) is 4.57 Å². The van der Waals surface area contributed by atoms with Gasteiger partial charge >= 0.3 is 0 Å². The molecule has 2 aromatic heterocycles. The van der Waals surface area contributed by atoms with E-state index in [4.69, 9.17) is 26.8 Å². The molecule has 8 nitrogen and oxygen atoms in total. The molecule has 2 aromatic rings. The third-order valence-electron chi connectivity index (χ3n) is 3.59. The Bertz CT molecular complexity index is 676. The topological polar surface area (TPSA) is 108 Å². The van der Waals surface area contributed by atoms with E-state index < -0.39 is 0 Å². The molecular formula is C12H16ClN5O3. The number of aromatic nitrogens is 4. The first-order valence-corrected chi connectivity index (χ1v) is 6.94. The third-order valence-corrected chi connectivity index (χ3v) is 3.85. The highest BCUT2D eigenvalue weighted by Gasteiger charge is 2.36. The van der Waals surface area contributed by atoms with Crippen molar-refractivity contribution in [3.63, 3.8) is 0 Å². The minimum atomic E-state index is -0.362. The summed E-state index contributed by atoms with van der Waals surface area (Å²) in [4.78, 5) is 12.4. The number of fused-ring (bicyclic) bond motifs is 1. The number of aliphatic hydroxyl groups excluding tert-OH is 1. The predicted molar refractivity (Wildman–Crippen MR) is 76.1 cm³/mol. The monoisotopic (exact) mass is 313 g/mol. The highest BCUT2D eigenvalue weighted by Crippen LogP contribution is 2.38. The van der Waals surface area contributed by atoms with Gasteiger partial charge in [-0.2, -0.15) is 9.97 Å². The number of halogens is 1. The fourth-order valence-corrected chi connectivity index (χ4v) is 2.92. The quantitative estimate of drug-likeness (QED) is 0.813. The third kappa shape index (κ3) is 2.29. The number of ether oxygens (including phenoxy) is 2. The smallest absolute Gasteiger partial charge is 0.247 e. The van der Waals surface area contributed by atoms with E-state index in [9.17, 15) is 5.11 Å². The van der Waals surface area contributed by atoms with Gasteiger partial charge in [0.15, 0.2) is 11.2 Å². The molecule has 0 aliphatic carbocycles. The van der Waals surface area contributed by atoms with Crippen LogP contribution in [0.3, 0.4) is 0 Å². The number of nitrogens with zero attached hydrogens (tertiary/aromatic N) is 4. The summed E-state index contributed by atoms with van der Waals surface area (Å²) in [6.07, 6.45) is 0.146. The Kier molecular flexibility index (Phi) is 3.60. The minimum absolute atomic E-state index is 0.0362. The van der Waals surface area contributed by atoms with Crippen molar-refractivity contribution in [2.45, 2.75) is 25.7 Å². The summed E-state index contributed by atoms with van der Waals surface area (Å²) in [7, 11) is 1.48. The second kappa shape index (κ2) is 5.28. The standard InChI is InChI=1S/C12H16ClN5O3/c1-5-3-6(4-19)21-10(5)18-8-7(15-11(18)13)9(20-2)17-12(14)16-8/h5-6,10,19H,3-4H2,1-2H3,(H2,14,16,17). The molecule has 1 saturated heterocycles. The largest absolute Gasteiger partial charge is 0.479 e. The van der Waals surface area contributed by atoms with Crippen LogP contribution in [0.4, 0.5) is 5.95 Å². The van der Waals surface area contributed by atoms with Crippen LogP contribution in [0.25, 0.3) is 11.2 Å². The van der Waals surface area contributed by atoms with Gasteiger partial charge in [-0.15, -0.1) is 0 Å². The van der Waals surface area contributed by atoms with E-state index in [0.717, 1.165) is 6.42 Å². The molecule has 21 heavy (non-hydrogen) atoms. The van der Waals surface area contributed by atoms with Gasteiger partial charge in [-0.3, -0.25) is 4.57 Å². The van der Waals surface area contributed by atoms with Crippen molar-refractivity contribution in [3.8, 4) is 5.88 Å². The first kappa shape index (κ1) is 14.3. The van der Waals surface area contributed by atoms with E-state index in [1.165, 1.54) is 7.11 Å². The van der Waals surface area contributed by atoms with Crippen LogP contribution in [-0.4, -0.2) is 44.4 Å². The summed E-state index contributed by atoms with van der Waals surface area (Å²) < 4.78 is 12.6. The summed E-state index contributed by atoms with van der Waals surface area (Å²) in [5.74, 6) is 0.489. The molecule has 1 aliphatic rings. The van der Waals surface area contributed by atoms with Gasteiger partial charge in [0.25, 0.3) is 0 Å². The highest BCUT2D eigenvalue weighted by molar-refractivity contribution is 6.29. The number of nitrogens with two attached hydrogens (primary N) is 1. The van der Waals surface area contributed by atoms with Crippen molar-refractivity contribution in [2.75, 3.05) is 19.5 Å². The zero-order chi connectivity index (χ0) is 15.1. The van der Waals surface area contributed by atoms with Gasteiger partial charge in [-0.25, -0.2) is 4.98 Å². The number of hydrogen-bond acceptors (Lipinski definition) is 7. The Balaban J connectivity index is 2.14. The molecule has 0 saturated carbocycles. The van der Waals surface area contributed by atoms with Crippen molar-refractivity contribution in [1.29, 1.82) is 0 Å². The van der Waals surface area contributed by atoms with Crippen molar-refractivity contribution in [3.05, 3.63) is 5.28 Å². The summed E-state index contributed by atoms with van der Waals surface area (Å²) in [5, 5.41) is 9.48. The number of imidazole rings is 1. The molecule has 3 rings (SSSR count). The van der Waals surface area contributed by atoms with E-state index in [-0.39, 0.29) is 42.0 Å². The maximum atomic E-state index is 9.26. The summed E-state index contributed by atoms with van der Waals surface area (Å²) in [6.45, 7) is 1.98. The van der Waals surface area contributed by atoms with Crippen molar-refractivity contribution in [1.82, 2.24) is 19.5 Å². The normalized spacial score (nSPS) is 25.6. The van der Waals surface area contributed by atoms with Crippen molar-refractivity contribution in [2.24, 2.45) is 5.92 Å². The lowest BCUT2D eigenvalue weighted by Crippen LogP contribution is -2.16. The fourth-order valence-electron chi connectivity index (χ4n) is 2.66. The van der Waals surface area contributed by atoms with Gasteiger partial charge in [-0.1, -0.05) is 6.92 Å². The van der Waals surface area contributed by atoms with E-state index in [2.05, 4.69) is 15.0 Å². The van der Waals surface area contributed by atoms with Gasteiger partial charge < -0.3 is 20.3 Å². The van der Waals surface area contributed by atoms with Crippen LogP contribution in [0.5, 0.6) is 5.88 Å². The molecule has 3 heterocycles. The molecule has 3 N–H and O–H groups in total. The van der Waals surface area contributed by atoms with Crippen LogP contribution < -0.4 is 10.5 Å². The second-order valence-corrected chi connectivity index (χ2v) is 5.40. The Morgan fingerprint density at radius 2 is 2.24 bits per heavy atom. The predicted octanol–water partition coefficient (Wildman–Crippen LogP) is 0.986. The lowest BCUT2D eigenvalue weighted by Gasteiger charge is -2.18. The summed E-state index contributed by atoms with van der Waals surface area (Å²) >= 11 is 6.23. The lowest BCUT2D eigenvalue weighted by atomic mass is 10.1. The van der Waals surface area contributed by atoms with Crippen LogP contribution in [0, 0.1) is 5.92 Å². The van der Waals surface area contributed by atoms with Crippen molar-refractivity contribution >= 4 is 28.7 Å². The van der Waals surface area contributed by atoms with E-state index in [0.29, 0.717) is 11.2 Å². The highest BCUT2D eigenvalue weighted by atomic mass is 35.5. The molecular weight excluding hydrogens is 298 g/mol. The summed E-state index contributed by atoms with van der Waals surface area (Å²) in [6, 6.07) is 0. The van der Waals surface area contributed by atoms with Crippen LogP contribution in [0.15, 0.2) is 0 Å². The Labute approximate surface area is 125 Å². The maximum Gasteiger partial charge on any atom is 0.247 e. The lowest BCUT2D eigenvalue weighted by molar-refractivity contribution is -0.0292.